The second-order valence-corrected chi connectivity index (χ2v) is 8.44. The van der Waals surface area contributed by atoms with E-state index in [1.807, 2.05) is 30.3 Å². The van der Waals surface area contributed by atoms with Crippen molar-refractivity contribution in [3.8, 4) is 0 Å². The minimum absolute atomic E-state index is 0.0462. The van der Waals surface area contributed by atoms with Crippen LogP contribution < -0.4 is 5.76 Å². The fraction of sp³-hybridized carbons (Fsp3) is 0.0952. The molecule has 0 amide bonds. The predicted molar refractivity (Wildman–Crippen MR) is 103 cm³/mol. The molecule has 0 saturated carbocycles. The number of fused-ring (bicyclic) bond motifs is 1. The molecule has 1 aromatic heterocycles. The summed E-state index contributed by atoms with van der Waals surface area (Å²) in [7, 11) is -3.67. The molecule has 3 aromatic carbocycles. The molecule has 0 radical (unpaired) electrons. The van der Waals surface area contributed by atoms with Crippen LogP contribution in [0.1, 0.15) is 11.1 Å². The number of hydrogen-bond donors (Lipinski definition) is 0. The van der Waals surface area contributed by atoms with Gasteiger partial charge in [-0.1, -0.05) is 42.5 Å². The number of rotatable bonds is 5. The lowest BCUT2D eigenvalue weighted by Crippen LogP contribution is -2.14. The summed E-state index contributed by atoms with van der Waals surface area (Å²) in [6, 6.07) is 19.1. The van der Waals surface area contributed by atoms with Crippen LogP contribution in [0.15, 0.2) is 86.9 Å². The molecular weight excluding hydrogens is 381 g/mol. The summed E-state index contributed by atoms with van der Waals surface area (Å²) in [5.41, 5.74) is 2.14. The predicted octanol–water partition coefficient (Wildman–Crippen LogP) is 3.76. The van der Waals surface area contributed by atoms with Crippen LogP contribution in [0.2, 0.25) is 0 Å². The molecule has 0 aliphatic carbocycles. The fourth-order valence-corrected chi connectivity index (χ4v) is 4.40. The first-order chi connectivity index (χ1) is 13.4. The van der Waals surface area contributed by atoms with Crippen LogP contribution in [0.3, 0.4) is 0 Å². The summed E-state index contributed by atoms with van der Waals surface area (Å²) < 4.78 is 45.1. The first kappa shape index (κ1) is 18.2. The molecule has 7 heteroatoms. The Hall–Kier alpha value is -3.19. The molecule has 28 heavy (non-hydrogen) atoms. The van der Waals surface area contributed by atoms with Gasteiger partial charge in [0.05, 0.1) is 22.7 Å². The van der Waals surface area contributed by atoms with Crippen LogP contribution in [-0.2, 0) is 22.1 Å². The van der Waals surface area contributed by atoms with Crippen LogP contribution in [0.4, 0.5) is 4.39 Å². The highest BCUT2D eigenvalue weighted by atomic mass is 32.2. The molecule has 0 aliphatic heterocycles. The van der Waals surface area contributed by atoms with Gasteiger partial charge in [0.2, 0.25) is 0 Å². The fourth-order valence-electron chi connectivity index (χ4n) is 3.04. The second kappa shape index (κ2) is 7.09. The van der Waals surface area contributed by atoms with E-state index in [9.17, 15) is 17.6 Å². The summed E-state index contributed by atoms with van der Waals surface area (Å²) in [5.74, 6) is -1.25. The molecule has 0 atom stereocenters. The highest BCUT2D eigenvalue weighted by Crippen LogP contribution is 2.22. The number of sulfone groups is 1. The first-order valence-corrected chi connectivity index (χ1v) is 10.2. The number of nitrogens with zero attached hydrogens (tertiary/aromatic N) is 1. The molecule has 142 valence electrons. The molecule has 4 aromatic rings. The third-order valence-corrected chi connectivity index (χ3v) is 6.14. The lowest BCUT2D eigenvalue weighted by molar-refractivity contribution is 0.517. The smallest absolute Gasteiger partial charge is 0.408 e. The molecule has 0 bridgehead atoms. The Bertz CT molecular complexity index is 1290. The molecule has 5 nitrogen and oxygen atoms in total. The molecule has 0 aliphatic rings. The summed E-state index contributed by atoms with van der Waals surface area (Å²) >= 11 is 0. The van der Waals surface area contributed by atoms with Crippen molar-refractivity contribution in [2.45, 2.75) is 17.2 Å². The van der Waals surface area contributed by atoms with Gasteiger partial charge >= 0.3 is 5.76 Å². The Labute approximate surface area is 160 Å². The number of hydrogen-bond acceptors (Lipinski definition) is 4. The van der Waals surface area contributed by atoms with E-state index in [1.165, 1.54) is 41.0 Å². The molecule has 4 rings (SSSR count). The molecule has 0 fully saturated rings. The van der Waals surface area contributed by atoms with Gasteiger partial charge in [-0.15, -0.1) is 0 Å². The van der Waals surface area contributed by atoms with Gasteiger partial charge in [-0.3, -0.25) is 4.57 Å². The molecule has 0 saturated heterocycles. The van der Waals surface area contributed by atoms with Crippen LogP contribution in [0, 0.1) is 5.82 Å². The third-order valence-electron chi connectivity index (χ3n) is 4.45. The van der Waals surface area contributed by atoms with Crippen molar-refractivity contribution in [3.63, 3.8) is 0 Å². The second-order valence-electron chi connectivity index (χ2n) is 6.45. The maximum atomic E-state index is 13.0. The van der Waals surface area contributed by atoms with E-state index in [4.69, 9.17) is 4.42 Å². The largest absolute Gasteiger partial charge is 0.420 e. The van der Waals surface area contributed by atoms with Gasteiger partial charge in [0.15, 0.2) is 15.4 Å². The maximum Gasteiger partial charge on any atom is 0.420 e. The number of benzene rings is 3. The molecule has 0 spiro atoms. The van der Waals surface area contributed by atoms with Crippen LogP contribution in [0.5, 0.6) is 0 Å². The van der Waals surface area contributed by atoms with E-state index in [0.29, 0.717) is 17.6 Å². The highest BCUT2D eigenvalue weighted by Gasteiger charge is 2.19. The van der Waals surface area contributed by atoms with Crippen molar-refractivity contribution in [1.29, 1.82) is 0 Å². The van der Waals surface area contributed by atoms with Crippen LogP contribution in [0.25, 0.3) is 11.1 Å². The van der Waals surface area contributed by atoms with E-state index in [-0.39, 0.29) is 16.2 Å². The minimum Gasteiger partial charge on any atom is -0.408 e. The van der Waals surface area contributed by atoms with Gasteiger partial charge in [0.1, 0.15) is 5.82 Å². The third kappa shape index (κ3) is 3.61. The van der Waals surface area contributed by atoms with Gasteiger partial charge < -0.3 is 4.42 Å². The lowest BCUT2D eigenvalue weighted by Gasteiger charge is -2.06. The number of oxazole rings is 1. The van der Waals surface area contributed by atoms with E-state index in [2.05, 4.69) is 0 Å². The van der Waals surface area contributed by atoms with Gasteiger partial charge in [-0.05, 0) is 35.4 Å². The van der Waals surface area contributed by atoms with Crippen molar-refractivity contribution >= 4 is 20.9 Å². The van der Waals surface area contributed by atoms with E-state index in [0.717, 1.165) is 5.56 Å². The molecule has 0 unspecified atom stereocenters. The lowest BCUT2D eigenvalue weighted by atomic mass is 10.2. The van der Waals surface area contributed by atoms with Crippen molar-refractivity contribution in [2.75, 3.05) is 0 Å². The Morgan fingerprint density at radius 2 is 1.61 bits per heavy atom. The van der Waals surface area contributed by atoms with Crippen LogP contribution >= 0.6 is 0 Å². The Morgan fingerprint density at radius 1 is 0.893 bits per heavy atom. The topological polar surface area (TPSA) is 69.3 Å². The number of halogens is 1. The SMILES string of the molecule is O=c1oc2cc(S(=O)(=O)Cc3ccc(F)cc3)ccc2n1Cc1ccccc1. The summed E-state index contributed by atoms with van der Waals surface area (Å²) in [6.45, 7) is 0.328. The summed E-state index contributed by atoms with van der Waals surface area (Å²) in [4.78, 5) is 12.3. The maximum absolute atomic E-state index is 13.0. The van der Waals surface area contributed by atoms with Crippen molar-refractivity contribution in [1.82, 2.24) is 4.57 Å². The van der Waals surface area contributed by atoms with Gasteiger partial charge in [-0.25, -0.2) is 17.6 Å². The monoisotopic (exact) mass is 397 g/mol. The quantitative estimate of drug-likeness (QED) is 0.514. The zero-order valence-electron chi connectivity index (χ0n) is 14.7. The highest BCUT2D eigenvalue weighted by molar-refractivity contribution is 7.90. The van der Waals surface area contributed by atoms with E-state index in [1.54, 1.807) is 6.07 Å². The Kier molecular flexibility index (Phi) is 4.60. The molecule has 0 N–H and O–H groups in total. The zero-order chi connectivity index (χ0) is 19.7. The molecular formula is C21H16FNO4S. The van der Waals surface area contributed by atoms with Crippen molar-refractivity contribution < 1.29 is 17.2 Å². The normalized spacial score (nSPS) is 11.8. The first-order valence-electron chi connectivity index (χ1n) is 8.57. The van der Waals surface area contributed by atoms with Crippen molar-refractivity contribution in [2.24, 2.45) is 0 Å². The van der Waals surface area contributed by atoms with E-state index >= 15 is 0 Å². The minimum atomic E-state index is -3.67. The zero-order valence-corrected chi connectivity index (χ0v) is 15.5. The van der Waals surface area contributed by atoms with Gasteiger partial charge in [-0.2, -0.15) is 0 Å². The number of aromatic nitrogens is 1. The van der Waals surface area contributed by atoms with Crippen molar-refractivity contribution in [3.05, 3.63) is 100 Å². The average Bonchev–Trinajstić information content (AvgIpc) is 2.99. The average molecular weight is 397 g/mol. The van der Waals surface area contributed by atoms with Gasteiger partial charge in [0.25, 0.3) is 0 Å². The van der Waals surface area contributed by atoms with Crippen LogP contribution in [-0.4, -0.2) is 13.0 Å². The van der Waals surface area contributed by atoms with Gasteiger partial charge in [0, 0.05) is 6.07 Å². The summed E-state index contributed by atoms with van der Waals surface area (Å²) in [5, 5.41) is 0. The Morgan fingerprint density at radius 3 is 2.32 bits per heavy atom. The molecule has 1 heterocycles. The van der Waals surface area contributed by atoms with E-state index < -0.39 is 21.4 Å². The Balaban J connectivity index is 1.68. The summed E-state index contributed by atoms with van der Waals surface area (Å²) in [6.07, 6.45) is 0. The standard InChI is InChI=1S/C21H16FNO4S/c22-17-8-6-16(7-9-17)14-28(25,26)18-10-11-19-20(12-18)27-21(24)23(19)13-15-4-2-1-3-5-15/h1-12H,13-14H2.